The first-order valence-electron chi connectivity index (χ1n) is 7.97. The van der Waals surface area contributed by atoms with E-state index in [1.54, 1.807) is 43.5 Å². The highest BCUT2D eigenvalue weighted by Crippen LogP contribution is 2.29. The van der Waals surface area contributed by atoms with E-state index in [2.05, 4.69) is 0 Å². The fourth-order valence-corrected chi connectivity index (χ4v) is 4.13. The largest absolute Gasteiger partial charge is 0.497 e. The minimum atomic E-state index is -3.77. The number of halogens is 1. The van der Waals surface area contributed by atoms with Crippen LogP contribution in [0.2, 0.25) is 5.02 Å². The molecule has 0 saturated heterocycles. The Kier molecular flexibility index (Phi) is 5.49. The maximum absolute atomic E-state index is 13.3. The Balaban J connectivity index is 2.08. The fourth-order valence-electron chi connectivity index (χ4n) is 2.56. The summed E-state index contributed by atoms with van der Waals surface area (Å²) >= 11 is 5.90. The molecule has 0 aliphatic carbocycles. The molecule has 0 fully saturated rings. The first-order valence-corrected chi connectivity index (χ1v) is 9.79. The summed E-state index contributed by atoms with van der Waals surface area (Å²) in [6, 6.07) is 22.6. The average Bonchev–Trinajstić information content (AvgIpc) is 2.67. The molecule has 0 radical (unpaired) electrons. The van der Waals surface area contributed by atoms with Gasteiger partial charge in [0.1, 0.15) is 5.75 Å². The van der Waals surface area contributed by atoms with Gasteiger partial charge in [0.15, 0.2) is 0 Å². The van der Waals surface area contributed by atoms with Gasteiger partial charge < -0.3 is 4.74 Å². The van der Waals surface area contributed by atoms with Crippen LogP contribution in [0, 0.1) is 0 Å². The lowest BCUT2D eigenvalue weighted by Crippen LogP contribution is -2.30. The second kappa shape index (κ2) is 7.81. The molecule has 0 amide bonds. The van der Waals surface area contributed by atoms with Gasteiger partial charge in [-0.1, -0.05) is 48.0 Å². The lowest BCUT2D eigenvalue weighted by molar-refractivity contribution is 0.415. The summed E-state index contributed by atoms with van der Waals surface area (Å²) in [7, 11) is -2.22. The van der Waals surface area contributed by atoms with Crippen LogP contribution in [0.4, 0.5) is 5.69 Å². The molecule has 0 aliphatic heterocycles. The monoisotopic (exact) mass is 387 g/mol. The zero-order valence-corrected chi connectivity index (χ0v) is 15.7. The van der Waals surface area contributed by atoms with E-state index in [0.29, 0.717) is 16.5 Å². The van der Waals surface area contributed by atoms with E-state index in [1.165, 1.54) is 16.4 Å². The number of rotatable bonds is 6. The van der Waals surface area contributed by atoms with E-state index in [-0.39, 0.29) is 11.4 Å². The van der Waals surface area contributed by atoms with Gasteiger partial charge >= 0.3 is 0 Å². The molecule has 26 heavy (non-hydrogen) atoms. The van der Waals surface area contributed by atoms with E-state index >= 15 is 0 Å². The normalized spacial score (nSPS) is 11.2. The summed E-state index contributed by atoms with van der Waals surface area (Å²) in [5, 5.41) is 0.486. The summed E-state index contributed by atoms with van der Waals surface area (Å²) in [6.45, 7) is 0.207. The zero-order chi connectivity index (χ0) is 18.6. The van der Waals surface area contributed by atoms with E-state index in [9.17, 15) is 8.42 Å². The molecule has 134 valence electrons. The van der Waals surface area contributed by atoms with Gasteiger partial charge in [-0.15, -0.1) is 0 Å². The Morgan fingerprint density at radius 3 is 2.27 bits per heavy atom. The van der Waals surface area contributed by atoms with Gasteiger partial charge in [0, 0.05) is 11.1 Å². The maximum atomic E-state index is 13.3. The summed E-state index contributed by atoms with van der Waals surface area (Å²) in [4.78, 5) is 0.181. The van der Waals surface area contributed by atoms with Crippen LogP contribution in [0.15, 0.2) is 83.8 Å². The molecule has 3 aromatic rings. The van der Waals surface area contributed by atoms with E-state index in [0.717, 1.165) is 5.56 Å². The SMILES string of the molecule is COc1cccc(N(Cc2ccccc2)S(=O)(=O)c2ccc(Cl)cc2)c1. The molecular formula is C20H18ClNO3S. The number of anilines is 1. The van der Waals surface area contributed by atoms with Crippen molar-refractivity contribution in [2.45, 2.75) is 11.4 Å². The Morgan fingerprint density at radius 1 is 0.923 bits per heavy atom. The van der Waals surface area contributed by atoms with E-state index < -0.39 is 10.0 Å². The first-order chi connectivity index (χ1) is 12.5. The number of nitrogens with zero attached hydrogens (tertiary/aromatic N) is 1. The second-order valence-corrected chi connectivity index (χ2v) is 7.95. The average molecular weight is 388 g/mol. The van der Waals surface area contributed by atoms with Crippen LogP contribution in [-0.2, 0) is 16.6 Å². The summed E-state index contributed by atoms with van der Waals surface area (Å²) < 4.78 is 33.2. The van der Waals surface area contributed by atoms with Gasteiger partial charge in [-0.3, -0.25) is 4.31 Å². The molecule has 0 aromatic heterocycles. The summed E-state index contributed by atoms with van der Waals surface area (Å²) in [5.74, 6) is 0.590. The zero-order valence-electron chi connectivity index (χ0n) is 14.2. The molecule has 4 nitrogen and oxygen atoms in total. The topological polar surface area (TPSA) is 46.6 Å². The van der Waals surface area contributed by atoms with Gasteiger partial charge in [-0.05, 0) is 42.0 Å². The smallest absolute Gasteiger partial charge is 0.264 e. The molecule has 0 spiro atoms. The molecule has 0 unspecified atom stereocenters. The highest BCUT2D eigenvalue weighted by Gasteiger charge is 2.25. The number of hydrogen-bond acceptors (Lipinski definition) is 3. The molecule has 0 N–H and O–H groups in total. The van der Waals surface area contributed by atoms with Crippen molar-refractivity contribution in [1.29, 1.82) is 0 Å². The molecule has 0 atom stereocenters. The van der Waals surface area contributed by atoms with Gasteiger partial charge in [0.25, 0.3) is 10.0 Å². The molecule has 3 rings (SSSR count). The van der Waals surface area contributed by atoms with Gasteiger partial charge in [0.05, 0.1) is 24.2 Å². The van der Waals surface area contributed by atoms with Gasteiger partial charge in [0.2, 0.25) is 0 Å². The molecule has 6 heteroatoms. The van der Waals surface area contributed by atoms with Crippen molar-refractivity contribution < 1.29 is 13.2 Å². The maximum Gasteiger partial charge on any atom is 0.264 e. The third kappa shape index (κ3) is 4.00. The predicted molar refractivity (Wildman–Crippen MR) is 104 cm³/mol. The van der Waals surface area contributed by atoms with Crippen LogP contribution in [0.3, 0.4) is 0 Å². The van der Waals surface area contributed by atoms with Crippen molar-refractivity contribution in [1.82, 2.24) is 0 Å². The number of benzene rings is 3. The van der Waals surface area contributed by atoms with Crippen molar-refractivity contribution in [3.8, 4) is 5.75 Å². The first kappa shape index (κ1) is 18.3. The van der Waals surface area contributed by atoms with Crippen molar-refractivity contribution in [3.63, 3.8) is 0 Å². The van der Waals surface area contributed by atoms with Gasteiger partial charge in [-0.2, -0.15) is 0 Å². The molecule has 0 heterocycles. The highest BCUT2D eigenvalue weighted by atomic mass is 35.5. The van der Waals surface area contributed by atoms with Crippen LogP contribution < -0.4 is 9.04 Å². The summed E-state index contributed by atoms with van der Waals surface area (Å²) in [6.07, 6.45) is 0. The second-order valence-electron chi connectivity index (χ2n) is 5.65. The Morgan fingerprint density at radius 2 is 1.62 bits per heavy atom. The minimum Gasteiger partial charge on any atom is -0.497 e. The number of hydrogen-bond donors (Lipinski definition) is 0. The molecule has 0 aliphatic rings. The minimum absolute atomic E-state index is 0.181. The Labute approximate surface area is 158 Å². The van der Waals surface area contributed by atoms with Crippen LogP contribution >= 0.6 is 11.6 Å². The summed E-state index contributed by atoms with van der Waals surface area (Å²) in [5.41, 5.74) is 1.41. The number of methoxy groups -OCH3 is 1. The number of sulfonamides is 1. The van der Waals surface area contributed by atoms with Crippen molar-refractivity contribution in [2.75, 3.05) is 11.4 Å². The lowest BCUT2D eigenvalue weighted by Gasteiger charge is -2.25. The van der Waals surface area contributed by atoms with E-state index in [4.69, 9.17) is 16.3 Å². The van der Waals surface area contributed by atoms with Gasteiger partial charge in [-0.25, -0.2) is 8.42 Å². The fraction of sp³-hybridized carbons (Fsp3) is 0.100. The molecule has 3 aromatic carbocycles. The third-order valence-corrected chi connectivity index (χ3v) is 5.95. The molecule has 0 bridgehead atoms. The number of ether oxygens (including phenoxy) is 1. The Hall–Kier alpha value is -2.50. The third-order valence-electron chi connectivity index (χ3n) is 3.91. The quantitative estimate of drug-likeness (QED) is 0.613. The molecular weight excluding hydrogens is 370 g/mol. The Bertz CT molecular complexity index is 973. The lowest BCUT2D eigenvalue weighted by atomic mass is 10.2. The van der Waals surface area contributed by atoms with Crippen molar-refractivity contribution in [3.05, 3.63) is 89.4 Å². The predicted octanol–water partition coefficient (Wildman–Crippen LogP) is 4.74. The highest BCUT2D eigenvalue weighted by molar-refractivity contribution is 7.92. The van der Waals surface area contributed by atoms with Crippen LogP contribution in [0.25, 0.3) is 0 Å². The van der Waals surface area contributed by atoms with Crippen LogP contribution in [0.1, 0.15) is 5.56 Å². The van der Waals surface area contributed by atoms with Crippen LogP contribution in [0.5, 0.6) is 5.75 Å². The van der Waals surface area contributed by atoms with Crippen molar-refractivity contribution in [2.24, 2.45) is 0 Å². The van der Waals surface area contributed by atoms with Crippen molar-refractivity contribution >= 4 is 27.3 Å². The van der Waals surface area contributed by atoms with Crippen LogP contribution in [-0.4, -0.2) is 15.5 Å². The molecule has 0 saturated carbocycles. The van der Waals surface area contributed by atoms with E-state index in [1.807, 2.05) is 30.3 Å². The standard InChI is InChI=1S/C20H18ClNO3S/c1-25-19-9-5-8-18(14-19)22(15-16-6-3-2-4-7-16)26(23,24)20-12-10-17(21)11-13-20/h2-14H,15H2,1H3.